The zero-order valence-corrected chi connectivity index (χ0v) is 13.0. The Morgan fingerprint density at radius 3 is 2.88 bits per heavy atom. The summed E-state index contributed by atoms with van der Waals surface area (Å²) in [5.41, 5.74) is 3.70. The summed E-state index contributed by atoms with van der Waals surface area (Å²) in [6.07, 6.45) is 0. The number of fused-ring (bicyclic) bond motifs is 2. The summed E-state index contributed by atoms with van der Waals surface area (Å²) in [5.74, 6) is -0.972. The number of rotatable bonds is 3. The van der Waals surface area contributed by atoms with Crippen molar-refractivity contribution in [1.82, 2.24) is 5.48 Å². The third-order valence-electron chi connectivity index (χ3n) is 4.31. The first kappa shape index (κ1) is 15.9. The number of carbonyl (C=O) groups excluding carboxylic acids is 1. The maximum absolute atomic E-state index is 13.9. The normalized spacial score (nSPS) is 18.8. The molecule has 25 heavy (non-hydrogen) atoms. The van der Waals surface area contributed by atoms with Crippen LogP contribution >= 0.6 is 0 Å². The summed E-state index contributed by atoms with van der Waals surface area (Å²) >= 11 is 0. The van der Waals surface area contributed by atoms with Gasteiger partial charge in [-0.05, 0) is 30.3 Å². The van der Waals surface area contributed by atoms with Gasteiger partial charge in [0, 0.05) is 22.4 Å². The first-order chi connectivity index (χ1) is 12.1. The van der Waals surface area contributed by atoms with Crippen LogP contribution in [-0.4, -0.2) is 17.9 Å². The van der Waals surface area contributed by atoms with Crippen LogP contribution in [0.1, 0.15) is 22.7 Å². The molecule has 2 aliphatic rings. The minimum atomic E-state index is -1.07. The van der Waals surface area contributed by atoms with E-state index in [-0.39, 0.29) is 19.9 Å². The number of carbonyl (C=O) groups is 1. The van der Waals surface area contributed by atoms with Gasteiger partial charge in [-0.25, -0.2) is 8.78 Å². The molecule has 2 N–H and O–H groups in total. The van der Waals surface area contributed by atoms with Crippen LogP contribution < -0.4 is 15.1 Å². The van der Waals surface area contributed by atoms with Crippen LogP contribution in [0.5, 0.6) is 5.75 Å². The first-order valence-corrected chi connectivity index (χ1v) is 7.61. The molecule has 2 aromatic carbocycles. The molecule has 8 heteroatoms. The summed E-state index contributed by atoms with van der Waals surface area (Å²) in [4.78, 5) is 13.9. The second-order valence-corrected chi connectivity index (χ2v) is 5.85. The number of hydrogen-bond acceptors (Lipinski definition) is 5. The van der Waals surface area contributed by atoms with Crippen LogP contribution in [0.25, 0.3) is 0 Å². The summed E-state index contributed by atoms with van der Waals surface area (Å²) in [7, 11) is 0. The molecule has 1 amide bonds. The van der Waals surface area contributed by atoms with Crippen LogP contribution in [-0.2, 0) is 22.7 Å². The van der Waals surface area contributed by atoms with Crippen molar-refractivity contribution in [1.29, 1.82) is 0 Å². The molecule has 0 radical (unpaired) electrons. The highest BCUT2D eigenvalue weighted by molar-refractivity contribution is 6.04. The molecule has 0 fully saturated rings. The van der Waals surface area contributed by atoms with E-state index in [1.165, 1.54) is 35.2 Å². The van der Waals surface area contributed by atoms with Gasteiger partial charge in [-0.2, -0.15) is 5.48 Å². The molecule has 0 bridgehead atoms. The molecule has 0 aromatic heterocycles. The lowest BCUT2D eigenvalue weighted by molar-refractivity contribution is -0.122. The van der Waals surface area contributed by atoms with Gasteiger partial charge in [-0.15, -0.1) is 0 Å². The Labute approximate surface area is 141 Å². The Morgan fingerprint density at radius 1 is 1.24 bits per heavy atom. The highest BCUT2D eigenvalue weighted by Crippen LogP contribution is 2.39. The van der Waals surface area contributed by atoms with E-state index >= 15 is 0 Å². The number of ether oxygens (including phenoxy) is 2. The third kappa shape index (κ3) is 2.64. The van der Waals surface area contributed by atoms with E-state index in [1.54, 1.807) is 0 Å². The zero-order chi connectivity index (χ0) is 17.6. The molecule has 1 unspecified atom stereocenters. The minimum absolute atomic E-state index is 0.0236. The van der Waals surface area contributed by atoms with Crippen molar-refractivity contribution >= 4 is 11.6 Å². The Kier molecular flexibility index (Phi) is 3.87. The standard InChI is InChI=1S/C17H14F2N2O4/c18-11-1-2-14-13(5-11)15(20-23)17(22)21(14)6-9-3-12(19)4-10-7-24-8-25-16(9)10/h1-5,15,20,23H,6-8H2. The average molecular weight is 348 g/mol. The Bertz CT molecular complexity index is 859. The van der Waals surface area contributed by atoms with Gasteiger partial charge >= 0.3 is 0 Å². The zero-order valence-electron chi connectivity index (χ0n) is 13.0. The average Bonchev–Trinajstić information content (AvgIpc) is 2.85. The lowest BCUT2D eigenvalue weighted by atomic mass is 10.1. The molecule has 0 saturated carbocycles. The van der Waals surface area contributed by atoms with Gasteiger partial charge in [-0.3, -0.25) is 4.79 Å². The number of anilines is 1. The fraction of sp³-hybridized carbons (Fsp3) is 0.235. The van der Waals surface area contributed by atoms with Gasteiger partial charge < -0.3 is 19.6 Å². The van der Waals surface area contributed by atoms with E-state index in [4.69, 9.17) is 9.47 Å². The molecule has 0 aliphatic carbocycles. The van der Waals surface area contributed by atoms with Crippen molar-refractivity contribution < 1.29 is 28.3 Å². The molecular formula is C17H14F2N2O4. The van der Waals surface area contributed by atoms with Crippen LogP contribution in [0.4, 0.5) is 14.5 Å². The molecule has 0 spiro atoms. The van der Waals surface area contributed by atoms with Gasteiger partial charge in [-0.1, -0.05) is 0 Å². The lowest BCUT2D eigenvalue weighted by Gasteiger charge is -2.24. The maximum Gasteiger partial charge on any atom is 0.251 e. The van der Waals surface area contributed by atoms with Crippen molar-refractivity contribution in [2.45, 2.75) is 19.2 Å². The SMILES string of the molecule is O=C1C(NO)c2cc(F)ccc2N1Cc1cc(F)cc2c1OCOC2. The monoisotopic (exact) mass is 348 g/mol. The third-order valence-corrected chi connectivity index (χ3v) is 4.31. The first-order valence-electron chi connectivity index (χ1n) is 7.61. The fourth-order valence-electron chi connectivity index (χ4n) is 3.24. The lowest BCUT2D eigenvalue weighted by Crippen LogP contribution is -2.33. The minimum Gasteiger partial charge on any atom is -0.467 e. The molecule has 0 saturated heterocycles. The van der Waals surface area contributed by atoms with Crippen LogP contribution in [0.15, 0.2) is 30.3 Å². The predicted molar refractivity (Wildman–Crippen MR) is 81.9 cm³/mol. The van der Waals surface area contributed by atoms with E-state index in [0.29, 0.717) is 28.1 Å². The highest BCUT2D eigenvalue weighted by Gasteiger charge is 2.38. The largest absolute Gasteiger partial charge is 0.467 e. The van der Waals surface area contributed by atoms with Gasteiger partial charge in [0.15, 0.2) is 6.79 Å². The molecule has 2 aromatic rings. The van der Waals surface area contributed by atoms with Gasteiger partial charge in [0.25, 0.3) is 5.91 Å². The van der Waals surface area contributed by atoms with Gasteiger partial charge in [0.1, 0.15) is 23.4 Å². The van der Waals surface area contributed by atoms with Crippen molar-refractivity contribution in [2.24, 2.45) is 0 Å². The van der Waals surface area contributed by atoms with E-state index in [0.717, 1.165) is 0 Å². The van der Waals surface area contributed by atoms with E-state index in [1.807, 2.05) is 5.48 Å². The molecule has 2 heterocycles. The Balaban J connectivity index is 1.75. The molecular weight excluding hydrogens is 334 g/mol. The number of halogens is 2. The summed E-state index contributed by atoms with van der Waals surface area (Å²) in [6, 6.07) is 5.41. The smallest absolute Gasteiger partial charge is 0.251 e. The van der Waals surface area contributed by atoms with Crippen LogP contribution in [0, 0.1) is 11.6 Å². The second-order valence-electron chi connectivity index (χ2n) is 5.85. The van der Waals surface area contributed by atoms with Gasteiger partial charge in [0.05, 0.1) is 13.2 Å². The number of amides is 1. The number of nitrogens with one attached hydrogen (secondary N) is 1. The fourth-order valence-corrected chi connectivity index (χ4v) is 3.24. The second kappa shape index (κ2) is 6.07. The molecule has 1 atom stereocenters. The summed E-state index contributed by atoms with van der Waals surface area (Å²) in [5, 5.41) is 9.27. The van der Waals surface area contributed by atoms with Crippen molar-refractivity contribution in [3.05, 3.63) is 58.7 Å². The molecule has 130 valence electrons. The quantitative estimate of drug-likeness (QED) is 0.834. The number of nitrogens with zero attached hydrogens (tertiary/aromatic N) is 1. The number of hydrogen-bond donors (Lipinski definition) is 2. The predicted octanol–water partition coefficient (Wildman–Crippen LogP) is 2.40. The topological polar surface area (TPSA) is 71.0 Å². The molecule has 4 rings (SSSR count). The van der Waals surface area contributed by atoms with Crippen molar-refractivity contribution in [3.63, 3.8) is 0 Å². The Morgan fingerprint density at radius 2 is 2.08 bits per heavy atom. The van der Waals surface area contributed by atoms with Crippen LogP contribution in [0.3, 0.4) is 0 Å². The molecule has 6 nitrogen and oxygen atoms in total. The highest BCUT2D eigenvalue weighted by atomic mass is 19.1. The number of benzene rings is 2. The molecule has 2 aliphatic heterocycles. The summed E-state index contributed by atoms with van der Waals surface area (Å²) in [6.45, 7) is 0.286. The van der Waals surface area contributed by atoms with Crippen molar-refractivity contribution in [3.8, 4) is 5.75 Å². The summed E-state index contributed by atoms with van der Waals surface area (Å²) < 4.78 is 38.0. The van der Waals surface area contributed by atoms with E-state index in [2.05, 4.69) is 0 Å². The number of hydroxylamine groups is 1. The van der Waals surface area contributed by atoms with Crippen molar-refractivity contribution in [2.75, 3.05) is 11.7 Å². The van der Waals surface area contributed by atoms with E-state index < -0.39 is 23.6 Å². The van der Waals surface area contributed by atoms with Crippen LogP contribution in [0.2, 0.25) is 0 Å². The van der Waals surface area contributed by atoms with E-state index in [9.17, 15) is 18.8 Å². The van der Waals surface area contributed by atoms with Gasteiger partial charge in [0.2, 0.25) is 0 Å². The maximum atomic E-state index is 13.9. The Hall–Kier alpha value is -2.55.